The second kappa shape index (κ2) is 7.74. The number of halogens is 1. The molecule has 1 amide bonds. The lowest BCUT2D eigenvalue weighted by Gasteiger charge is -2.32. The molecule has 1 saturated heterocycles. The molecular formula is C22H21FN2O2. The topological polar surface area (TPSA) is 42.4 Å². The molecule has 2 heterocycles. The van der Waals surface area contributed by atoms with Crippen molar-refractivity contribution in [1.82, 2.24) is 9.88 Å². The Hall–Kier alpha value is -2.95. The Morgan fingerprint density at radius 2 is 2.04 bits per heavy atom. The fourth-order valence-corrected chi connectivity index (χ4v) is 3.51. The number of likely N-dealkylation sites (tertiary alicyclic amines) is 1. The summed E-state index contributed by atoms with van der Waals surface area (Å²) >= 11 is 0. The van der Waals surface area contributed by atoms with E-state index < -0.39 is 0 Å². The van der Waals surface area contributed by atoms with Gasteiger partial charge in [0.2, 0.25) is 0 Å². The van der Waals surface area contributed by atoms with Crippen LogP contribution >= 0.6 is 0 Å². The summed E-state index contributed by atoms with van der Waals surface area (Å²) in [6.07, 6.45) is 3.71. The highest BCUT2D eigenvalue weighted by Gasteiger charge is 2.25. The van der Waals surface area contributed by atoms with Crippen LogP contribution in [0.4, 0.5) is 4.39 Å². The molecule has 0 radical (unpaired) electrons. The van der Waals surface area contributed by atoms with E-state index >= 15 is 0 Å². The van der Waals surface area contributed by atoms with E-state index in [4.69, 9.17) is 4.74 Å². The summed E-state index contributed by atoms with van der Waals surface area (Å²) in [5, 5.41) is 1.03. The highest BCUT2D eigenvalue weighted by atomic mass is 19.1. The number of benzene rings is 2. The molecule has 0 N–H and O–H groups in total. The van der Waals surface area contributed by atoms with Crippen molar-refractivity contribution in [3.05, 3.63) is 72.2 Å². The number of pyridine rings is 1. The van der Waals surface area contributed by atoms with Gasteiger partial charge in [0.05, 0.1) is 12.1 Å². The van der Waals surface area contributed by atoms with Gasteiger partial charge in [-0.05, 0) is 55.3 Å². The molecule has 3 aromatic rings. The predicted octanol–water partition coefficient (Wildman–Crippen LogP) is 4.31. The Kier molecular flexibility index (Phi) is 5.01. The standard InChI is InChI=1S/C22H21FN2O2/c23-19-7-9-20(10-8-19)27-15-16-3-2-12-25(14-16)22(26)18-6-5-17-4-1-11-24-21(17)13-18/h1,4-11,13,16H,2-3,12,14-15H2. The highest BCUT2D eigenvalue weighted by molar-refractivity contribution is 5.97. The summed E-state index contributed by atoms with van der Waals surface area (Å²) in [7, 11) is 0. The summed E-state index contributed by atoms with van der Waals surface area (Å²) in [6, 6.07) is 15.6. The number of fused-ring (bicyclic) bond motifs is 1. The molecule has 0 spiro atoms. The SMILES string of the molecule is O=C(c1ccc2cccnc2c1)N1CCCC(COc2ccc(F)cc2)C1. The largest absolute Gasteiger partial charge is 0.493 e. The Bertz CT molecular complexity index is 942. The minimum atomic E-state index is -0.276. The first kappa shape index (κ1) is 17.5. The van der Waals surface area contributed by atoms with Gasteiger partial charge >= 0.3 is 0 Å². The van der Waals surface area contributed by atoms with E-state index in [-0.39, 0.29) is 17.6 Å². The molecule has 0 bridgehead atoms. The van der Waals surface area contributed by atoms with Gasteiger partial charge in [-0.15, -0.1) is 0 Å². The van der Waals surface area contributed by atoms with Crippen LogP contribution in [0.25, 0.3) is 10.9 Å². The van der Waals surface area contributed by atoms with Crippen LogP contribution in [0.1, 0.15) is 23.2 Å². The lowest BCUT2D eigenvalue weighted by atomic mass is 9.98. The maximum absolute atomic E-state index is 13.0. The molecule has 2 aromatic carbocycles. The van der Waals surface area contributed by atoms with Crippen molar-refractivity contribution in [2.45, 2.75) is 12.8 Å². The van der Waals surface area contributed by atoms with E-state index in [2.05, 4.69) is 4.98 Å². The Balaban J connectivity index is 1.40. The molecule has 5 heteroatoms. The summed E-state index contributed by atoms with van der Waals surface area (Å²) in [5.41, 5.74) is 1.50. The molecule has 1 fully saturated rings. The van der Waals surface area contributed by atoms with Crippen molar-refractivity contribution in [2.75, 3.05) is 19.7 Å². The molecule has 1 unspecified atom stereocenters. The van der Waals surface area contributed by atoms with Crippen LogP contribution in [0, 0.1) is 11.7 Å². The molecule has 27 heavy (non-hydrogen) atoms. The maximum Gasteiger partial charge on any atom is 0.253 e. The molecule has 0 aliphatic carbocycles. The van der Waals surface area contributed by atoms with Crippen molar-refractivity contribution >= 4 is 16.8 Å². The lowest BCUT2D eigenvalue weighted by molar-refractivity contribution is 0.0633. The first-order valence-electron chi connectivity index (χ1n) is 9.21. The Labute approximate surface area is 157 Å². The van der Waals surface area contributed by atoms with Crippen LogP contribution in [0.2, 0.25) is 0 Å². The molecule has 4 rings (SSSR count). The highest BCUT2D eigenvalue weighted by Crippen LogP contribution is 2.22. The van der Waals surface area contributed by atoms with Crippen LogP contribution in [-0.2, 0) is 0 Å². The zero-order valence-corrected chi connectivity index (χ0v) is 15.0. The van der Waals surface area contributed by atoms with Crippen LogP contribution < -0.4 is 4.74 Å². The zero-order valence-electron chi connectivity index (χ0n) is 15.0. The van der Waals surface area contributed by atoms with E-state index in [1.54, 1.807) is 18.3 Å². The number of piperidine rings is 1. The van der Waals surface area contributed by atoms with Gasteiger partial charge in [-0.3, -0.25) is 9.78 Å². The number of aromatic nitrogens is 1. The van der Waals surface area contributed by atoms with Crippen molar-refractivity contribution < 1.29 is 13.9 Å². The number of rotatable bonds is 4. The number of amides is 1. The second-order valence-electron chi connectivity index (χ2n) is 6.94. The molecule has 4 nitrogen and oxygen atoms in total. The van der Waals surface area contributed by atoms with Gasteiger partial charge in [-0.25, -0.2) is 4.39 Å². The number of nitrogens with zero attached hydrogens (tertiary/aromatic N) is 2. The van der Waals surface area contributed by atoms with E-state index in [0.29, 0.717) is 24.5 Å². The van der Waals surface area contributed by atoms with Gasteiger partial charge < -0.3 is 9.64 Å². The summed E-state index contributed by atoms with van der Waals surface area (Å²) in [5.74, 6) is 0.683. The van der Waals surface area contributed by atoms with Gasteiger partial charge in [-0.1, -0.05) is 12.1 Å². The monoisotopic (exact) mass is 364 g/mol. The zero-order chi connectivity index (χ0) is 18.6. The van der Waals surface area contributed by atoms with E-state index in [0.717, 1.165) is 30.3 Å². The number of ether oxygens (including phenoxy) is 1. The van der Waals surface area contributed by atoms with E-state index in [9.17, 15) is 9.18 Å². The third-order valence-electron chi connectivity index (χ3n) is 4.96. The second-order valence-corrected chi connectivity index (χ2v) is 6.94. The lowest BCUT2D eigenvalue weighted by Crippen LogP contribution is -2.41. The molecule has 138 valence electrons. The number of carbonyl (C=O) groups excluding carboxylic acids is 1. The van der Waals surface area contributed by atoms with Crippen LogP contribution in [0.3, 0.4) is 0 Å². The number of hydrogen-bond donors (Lipinski definition) is 0. The molecule has 1 aromatic heterocycles. The predicted molar refractivity (Wildman–Crippen MR) is 102 cm³/mol. The Morgan fingerprint density at radius 1 is 1.19 bits per heavy atom. The average molecular weight is 364 g/mol. The summed E-state index contributed by atoms with van der Waals surface area (Å²) < 4.78 is 18.8. The normalized spacial score (nSPS) is 17.1. The van der Waals surface area contributed by atoms with Gasteiger partial charge in [0.1, 0.15) is 11.6 Å². The molecular weight excluding hydrogens is 343 g/mol. The third kappa shape index (κ3) is 4.08. The minimum absolute atomic E-state index is 0.0361. The van der Waals surface area contributed by atoms with Gasteiger partial charge in [0.25, 0.3) is 5.91 Å². The number of hydrogen-bond acceptors (Lipinski definition) is 3. The fourth-order valence-electron chi connectivity index (χ4n) is 3.51. The van der Waals surface area contributed by atoms with Crippen molar-refractivity contribution in [3.63, 3.8) is 0 Å². The smallest absolute Gasteiger partial charge is 0.253 e. The van der Waals surface area contributed by atoms with Crippen LogP contribution in [0.5, 0.6) is 5.75 Å². The van der Waals surface area contributed by atoms with Crippen LogP contribution in [0.15, 0.2) is 60.8 Å². The third-order valence-corrected chi connectivity index (χ3v) is 4.96. The van der Waals surface area contributed by atoms with Crippen molar-refractivity contribution in [2.24, 2.45) is 5.92 Å². The van der Waals surface area contributed by atoms with E-state index in [1.165, 1.54) is 12.1 Å². The van der Waals surface area contributed by atoms with Crippen molar-refractivity contribution in [1.29, 1.82) is 0 Å². The first-order valence-corrected chi connectivity index (χ1v) is 9.21. The van der Waals surface area contributed by atoms with E-state index in [1.807, 2.05) is 35.2 Å². The van der Waals surface area contributed by atoms with Gasteiger partial charge in [-0.2, -0.15) is 0 Å². The first-order chi connectivity index (χ1) is 13.2. The molecule has 0 saturated carbocycles. The van der Waals surface area contributed by atoms with Crippen LogP contribution in [-0.4, -0.2) is 35.5 Å². The molecule has 1 atom stereocenters. The van der Waals surface area contributed by atoms with Gasteiger partial charge in [0.15, 0.2) is 0 Å². The summed E-state index contributed by atoms with van der Waals surface area (Å²) in [4.78, 5) is 19.1. The van der Waals surface area contributed by atoms with Crippen molar-refractivity contribution in [3.8, 4) is 5.75 Å². The Morgan fingerprint density at radius 3 is 2.89 bits per heavy atom. The quantitative estimate of drug-likeness (QED) is 0.693. The number of carbonyl (C=O) groups is 1. The summed E-state index contributed by atoms with van der Waals surface area (Å²) in [6.45, 7) is 1.95. The molecule has 1 aliphatic heterocycles. The fraction of sp³-hybridized carbons (Fsp3) is 0.273. The maximum atomic E-state index is 13.0. The minimum Gasteiger partial charge on any atom is -0.493 e. The molecule has 1 aliphatic rings. The van der Waals surface area contributed by atoms with Gasteiger partial charge in [0, 0.05) is 36.2 Å². The average Bonchev–Trinajstić information content (AvgIpc) is 2.72.